The number of amides is 1. The molecule has 1 aliphatic heterocycles. The first-order valence-corrected chi connectivity index (χ1v) is 10.1. The molecule has 0 fully saturated rings. The smallest absolute Gasteiger partial charge is 0.261 e. The van der Waals surface area contributed by atoms with Crippen LogP contribution in [0.25, 0.3) is 0 Å². The highest BCUT2D eigenvalue weighted by Gasteiger charge is 2.18. The Kier molecular flexibility index (Phi) is 5.10. The summed E-state index contributed by atoms with van der Waals surface area (Å²) < 4.78 is 27.6. The lowest BCUT2D eigenvalue weighted by molar-refractivity contribution is 0.0978. The van der Waals surface area contributed by atoms with E-state index in [4.69, 9.17) is 0 Å². The minimum absolute atomic E-state index is 0.0294. The lowest BCUT2D eigenvalue weighted by Gasteiger charge is -2.10. The van der Waals surface area contributed by atoms with Gasteiger partial charge in [0.2, 0.25) is 0 Å². The third-order valence-electron chi connectivity index (χ3n) is 3.52. The summed E-state index contributed by atoms with van der Waals surface area (Å²) in [7, 11) is -3.77. The average molecular weight is 375 g/mol. The Morgan fingerprint density at radius 1 is 1.16 bits per heavy atom. The summed E-state index contributed by atoms with van der Waals surface area (Å²) >= 11 is 1.47. The number of hydrogen-bond acceptors (Lipinski definition) is 5. The Morgan fingerprint density at radius 2 is 1.92 bits per heavy atom. The van der Waals surface area contributed by atoms with Gasteiger partial charge in [0, 0.05) is 17.0 Å². The number of rotatable bonds is 4. The second kappa shape index (κ2) is 7.28. The Labute approximate surface area is 150 Å². The molecule has 8 heteroatoms. The van der Waals surface area contributed by atoms with Gasteiger partial charge in [0.15, 0.2) is 5.17 Å². The van der Waals surface area contributed by atoms with Crippen LogP contribution in [0.3, 0.4) is 0 Å². The normalized spacial score (nSPS) is 14.0. The zero-order valence-corrected chi connectivity index (χ0v) is 15.2. The van der Waals surface area contributed by atoms with Gasteiger partial charge < -0.3 is 5.32 Å². The van der Waals surface area contributed by atoms with Crippen LogP contribution in [0.2, 0.25) is 0 Å². The fourth-order valence-corrected chi connectivity index (χ4v) is 4.05. The largest absolute Gasteiger partial charge is 0.301 e. The molecule has 25 heavy (non-hydrogen) atoms. The molecular weight excluding hydrogens is 358 g/mol. The van der Waals surface area contributed by atoms with E-state index in [2.05, 4.69) is 15.0 Å². The van der Waals surface area contributed by atoms with E-state index in [0.29, 0.717) is 17.4 Å². The minimum Gasteiger partial charge on any atom is -0.301 e. The second-order valence-corrected chi connectivity index (χ2v) is 8.25. The molecule has 0 atom stereocenters. The quantitative estimate of drug-likeness (QED) is 0.860. The molecule has 1 aliphatic rings. The summed E-state index contributed by atoms with van der Waals surface area (Å²) in [6, 6.07) is 12.9. The summed E-state index contributed by atoms with van der Waals surface area (Å²) in [4.78, 5) is 16.4. The summed E-state index contributed by atoms with van der Waals surface area (Å²) in [5, 5.41) is 3.25. The minimum atomic E-state index is -3.77. The van der Waals surface area contributed by atoms with E-state index in [0.717, 1.165) is 11.3 Å². The van der Waals surface area contributed by atoms with Crippen molar-refractivity contribution < 1.29 is 13.2 Å². The van der Waals surface area contributed by atoms with Crippen molar-refractivity contribution in [3.8, 4) is 0 Å². The fraction of sp³-hybridized carbons (Fsp3) is 0.176. The monoisotopic (exact) mass is 375 g/mol. The maximum atomic E-state index is 12.5. The standard InChI is InChI=1S/C17H17N3O3S2/c1-12-5-7-14(8-6-12)20-25(22,23)15-4-2-3-13(11-15)16(21)19-17-18-9-10-24-17/h2-8,11,20H,9-10H2,1H3,(H,18,19,21). The molecule has 0 saturated carbocycles. The first-order valence-electron chi connectivity index (χ1n) is 7.62. The highest BCUT2D eigenvalue weighted by molar-refractivity contribution is 8.14. The first kappa shape index (κ1) is 17.5. The van der Waals surface area contributed by atoms with E-state index in [-0.39, 0.29) is 16.4 Å². The summed E-state index contributed by atoms with van der Waals surface area (Å²) in [6.07, 6.45) is 0. The van der Waals surface area contributed by atoms with Gasteiger partial charge in [-0.1, -0.05) is 35.5 Å². The van der Waals surface area contributed by atoms with Crippen LogP contribution in [0.5, 0.6) is 0 Å². The molecule has 6 nitrogen and oxygen atoms in total. The molecule has 0 unspecified atom stereocenters. The van der Waals surface area contributed by atoms with Crippen molar-refractivity contribution in [1.29, 1.82) is 0 Å². The van der Waals surface area contributed by atoms with Crippen LogP contribution in [0.15, 0.2) is 58.4 Å². The third-order valence-corrected chi connectivity index (χ3v) is 5.79. The van der Waals surface area contributed by atoms with Crippen LogP contribution < -0.4 is 10.0 Å². The Balaban J connectivity index is 1.79. The average Bonchev–Trinajstić information content (AvgIpc) is 3.10. The number of aliphatic imine (C=N–C) groups is 1. The number of nitrogens with one attached hydrogen (secondary N) is 2. The molecule has 0 aliphatic carbocycles. The van der Waals surface area contributed by atoms with Crippen LogP contribution in [-0.4, -0.2) is 31.8 Å². The van der Waals surface area contributed by atoms with E-state index in [1.807, 2.05) is 19.1 Å². The lowest BCUT2D eigenvalue weighted by atomic mass is 10.2. The van der Waals surface area contributed by atoms with Crippen LogP contribution in [0.4, 0.5) is 5.69 Å². The molecule has 1 heterocycles. The van der Waals surface area contributed by atoms with E-state index in [9.17, 15) is 13.2 Å². The van der Waals surface area contributed by atoms with Crippen molar-refractivity contribution in [3.63, 3.8) is 0 Å². The van der Waals surface area contributed by atoms with Gasteiger partial charge in [-0.05, 0) is 37.3 Å². The van der Waals surface area contributed by atoms with E-state index in [1.165, 1.54) is 23.9 Å². The summed E-state index contributed by atoms with van der Waals surface area (Å²) in [6.45, 7) is 2.60. The Morgan fingerprint density at radius 3 is 2.60 bits per heavy atom. The van der Waals surface area contributed by atoms with E-state index in [1.54, 1.807) is 24.3 Å². The summed E-state index contributed by atoms with van der Waals surface area (Å²) in [5.74, 6) is 0.463. The van der Waals surface area contributed by atoms with Crippen molar-refractivity contribution in [2.45, 2.75) is 11.8 Å². The molecule has 1 amide bonds. The number of anilines is 1. The maximum absolute atomic E-state index is 12.5. The number of sulfonamides is 1. The predicted molar refractivity (Wildman–Crippen MR) is 101 cm³/mol. The highest BCUT2D eigenvalue weighted by Crippen LogP contribution is 2.18. The molecule has 0 spiro atoms. The second-order valence-electron chi connectivity index (χ2n) is 5.49. The van der Waals surface area contributed by atoms with Crippen molar-refractivity contribution >= 4 is 38.5 Å². The summed E-state index contributed by atoms with van der Waals surface area (Å²) in [5.41, 5.74) is 1.77. The van der Waals surface area contributed by atoms with Gasteiger partial charge in [0.05, 0.1) is 11.4 Å². The number of thioether (sulfide) groups is 1. The van der Waals surface area contributed by atoms with Crippen molar-refractivity contribution in [1.82, 2.24) is 5.32 Å². The molecule has 0 saturated heterocycles. The molecule has 2 N–H and O–H groups in total. The number of aryl methyl sites for hydroxylation is 1. The third kappa shape index (κ3) is 4.40. The zero-order valence-electron chi connectivity index (χ0n) is 13.5. The lowest BCUT2D eigenvalue weighted by Crippen LogP contribution is -2.27. The molecule has 3 rings (SSSR count). The fourth-order valence-electron chi connectivity index (χ4n) is 2.22. The van der Waals surface area contributed by atoms with Gasteiger partial charge in [0.1, 0.15) is 0 Å². The van der Waals surface area contributed by atoms with Crippen molar-refractivity contribution in [2.24, 2.45) is 4.99 Å². The van der Waals surface area contributed by atoms with Crippen molar-refractivity contribution in [3.05, 3.63) is 59.7 Å². The highest BCUT2D eigenvalue weighted by atomic mass is 32.2. The molecule has 0 aromatic heterocycles. The van der Waals surface area contributed by atoms with Crippen molar-refractivity contribution in [2.75, 3.05) is 17.0 Å². The van der Waals surface area contributed by atoms with E-state index < -0.39 is 10.0 Å². The first-order chi connectivity index (χ1) is 11.9. The maximum Gasteiger partial charge on any atom is 0.261 e. The zero-order chi connectivity index (χ0) is 17.9. The number of nitrogens with zero attached hydrogens (tertiary/aromatic N) is 1. The molecule has 0 radical (unpaired) electrons. The van der Waals surface area contributed by atoms with Gasteiger partial charge in [-0.2, -0.15) is 0 Å². The number of carbonyl (C=O) groups excluding carboxylic acids is 1. The molecule has 0 bridgehead atoms. The van der Waals surface area contributed by atoms with Gasteiger partial charge in [0.25, 0.3) is 15.9 Å². The van der Waals surface area contributed by atoms with Crippen LogP contribution >= 0.6 is 11.8 Å². The Bertz CT molecular complexity index is 922. The number of amidine groups is 1. The van der Waals surface area contributed by atoms with Crippen LogP contribution in [0.1, 0.15) is 15.9 Å². The molecular formula is C17H17N3O3S2. The SMILES string of the molecule is Cc1ccc(NS(=O)(=O)c2cccc(C(=O)NC3=NCCS3)c2)cc1. The topological polar surface area (TPSA) is 87.6 Å². The van der Waals surface area contributed by atoms with E-state index >= 15 is 0 Å². The molecule has 130 valence electrons. The number of hydrogen-bond donors (Lipinski definition) is 2. The van der Waals surface area contributed by atoms with Crippen LogP contribution in [0, 0.1) is 6.92 Å². The van der Waals surface area contributed by atoms with Gasteiger partial charge in [-0.25, -0.2) is 8.42 Å². The van der Waals surface area contributed by atoms with Crippen LogP contribution in [-0.2, 0) is 10.0 Å². The molecule has 2 aromatic rings. The Hall–Kier alpha value is -2.32. The molecule has 2 aromatic carbocycles. The van der Waals surface area contributed by atoms with Gasteiger partial charge in [-0.15, -0.1) is 0 Å². The van der Waals surface area contributed by atoms with Gasteiger partial charge >= 0.3 is 0 Å². The number of benzene rings is 2. The number of carbonyl (C=O) groups is 1. The predicted octanol–water partition coefficient (Wildman–Crippen LogP) is 2.63. The van der Waals surface area contributed by atoms with Gasteiger partial charge in [-0.3, -0.25) is 14.5 Å².